The quantitative estimate of drug-likeness (QED) is 0.466. The maximum absolute atomic E-state index is 5.91. The summed E-state index contributed by atoms with van der Waals surface area (Å²) in [6.07, 6.45) is 0.798. The van der Waals surface area contributed by atoms with Crippen LogP contribution in [0.5, 0.6) is 23.0 Å². The molecule has 0 saturated carbocycles. The average molecular weight is 445 g/mol. The van der Waals surface area contributed by atoms with Gasteiger partial charge in [-0.25, -0.2) is 0 Å². The molecule has 1 fully saturated rings. The minimum Gasteiger partial charge on any atom is -0.497 e. The Hall–Kier alpha value is -2.48. The maximum Gasteiger partial charge on any atom is 0.203 e. The summed E-state index contributed by atoms with van der Waals surface area (Å²) in [6, 6.07) is 12.3. The predicted octanol–water partition coefficient (Wildman–Crippen LogP) is 3.10. The molecule has 1 aliphatic heterocycles. The second kappa shape index (κ2) is 12.5. The molecule has 0 N–H and O–H groups in total. The summed E-state index contributed by atoms with van der Waals surface area (Å²) >= 11 is 0. The number of nitrogens with zero attached hydrogens (tertiary/aromatic N) is 2. The highest BCUT2D eigenvalue weighted by atomic mass is 16.5. The highest BCUT2D eigenvalue weighted by Gasteiger charge is 2.17. The highest BCUT2D eigenvalue weighted by molar-refractivity contribution is 5.53. The van der Waals surface area contributed by atoms with Crippen molar-refractivity contribution in [3.63, 3.8) is 0 Å². The Morgan fingerprint density at radius 2 is 1.31 bits per heavy atom. The van der Waals surface area contributed by atoms with Gasteiger partial charge < -0.3 is 23.7 Å². The van der Waals surface area contributed by atoms with Crippen LogP contribution in [0, 0.1) is 0 Å². The third-order valence-electron chi connectivity index (χ3n) is 5.84. The molecule has 7 heteroatoms. The van der Waals surface area contributed by atoms with Gasteiger partial charge in [0.15, 0.2) is 11.5 Å². The molecule has 32 heavy (non-hydrogen) atoms. The molecule has 0 aliphatic carbocycles. The normalized spacial score (nSPS) is 14.9. The van der Waals surface area contributed by atoms with Gasteiger partial charge in [-0.05, 0) is 41.8 Å². The van der Waals surface area contributed by atoms with Crippen molar-refractivity contribution in [3.05, 3.63) is 47.5 Å². The van der Waals surface area contributed by atoms with Crippen molar-refractivity contribution in [2.24, 2.45) is 0 Å². The Balaban J connectivity index is 1.34. The molecule has 0 aromatic heterocycles. The second-order valence-electron chi connectivity index (χ2n) is 7.86. The van der Waals surface area contributed by atoms with Gasteiger partial charge in [-0.1, -0.05) is 12.1 Å². The third-order valence-corrected chi connectivity index (χ3v) is 5.84. The van der Waals surface area contributed by atoms with Gasteiger partial charge in [0.05, 0.1) is 41.7 Å². The Labute approximate surface area is 191 Å². The van der Waals surface area contributed by atoms with Crippen molar-refractivity contribution in [1.82, 2.24) is 9.80 Å². The molecule has 1 saturated heterocycles. The molecule has 1 aliphatic rings. The zero-order valence-corrected chi connectivity index (χ0v) is 19.8. The van der Waals surface area contributed by atoms with E-state index in [-0.39, 0.29) is 0 Å². The van der Waals surface area contributed by atoms with Crippen LogP contribution in [0.2, 0.25) is 0 Å². The molecule has 0 spiro atoms. The van der Waals surface area contributed by atoms with Crippen LogP contribution in [0.1, 0.15) is 11.1 Å². The SMILES string of the molecule is COc1ccc(CN2CCN(CCOCCc3cc(OC)c(OC)c(OC)c3)CC2)cc1. The zero-order chi connectivity index (χ0) is 22.8. The third kappa shape index (κ3) is 6.76. The Morgan fingerprint density at radius 1 is 0.688 bits per heavy atom. The fourth-order valence-electron chi connectivity index (χ4n) is 3.93. The van der Waals surface area contributed by atoms with Crippen molar-refractivity contribution in [1.29, 1.82) is 0 Å². The molecular formula is C25H36N2O5. The molecule has 1 heterocycles. The minimum atomic E-state index is 0.616. The monoisotopic (exact) mass is 444 g/mol. The summed E-state index contributed by atoms with van der Waals surface area (Å²) in [5.74, 6) is 2.87. The summed E-state index contributed by atoms with van der Waals surface area (Å²) < 4.78 is 27.4. The molecule has 0 amide bonds. The van der Waals surface area contributed by atoms with Crippen molar-refractivity contribution in [3.8, 4) is 23.0 Å². The van der Waals surface area contributed by atoms with Crippen LogP contribution in [0.3, 0.4) is 0 Å². The average Bonchev–Trinajstić information content (AvgIpc) is 2.84. The first-order valence-corrected chi connectivity index (χ1v) is 11.1. The van der Waals surface area contributed by atoms with Gasteiger partial charge in [0.2, 0.25) is 5.75 Å². The summed E-state index contributed by atoms with van der Waals surface area (Å²) in [4.78, 5) is 4.98. The van der Waals surface area contributed by atoms with Crippen LogP contribution in [0.15, 0.2) is 36.4 Å². The van der Waals surface area contributed by atoms with Crippen molar-refractivity contribution < 1.29 is 23.7 Å². The lowest BCUT2D eigenvalue weighted by Crippen LogP contribution is -2.46. The molecule has 2 aromatic rings. The fourth-order valence-corrected chi connectivity index (χ4v) is 3.93. The lowest BCUT2D eigenvalue weighted by Gasteiger charge is -2.34. The second-order valence-corrected chi connectivity index (χ2v) is 7.86. The molecule has 0 radical (unpaired) electrons. The largest absolute Gasteiger partial charge is 0.497 e. The van der Waals surface area contributed by atoms with Crippen molar-refractivity contribution >= 4 is 0 Å². The molecule has 2 aromatic carbocycles. The van der Waals surface area contributed by atoms with Crippen LogP contribution in [0.4, 0.5) is 0 Å². The summed E-state index contributed by atoms with van der Waals surface area (Å²) in [7, 11) is 6.58. The number of hydrogen-bond acceptors (Lipinski definition) is 7. The maximum atomic E-state index is 5.91. The molecule has 0 bridgehead atoms. The summed E-state index contributed by atoms with van der Waals surface area (Å²) in [5, 5.41) is 0. The van der Waals surface area contributed by atoms with E-state index in [2.05, 4.69) is 21.9 Å². The highest BCUT2D eigenvalue weighted by Crippen LogP contribution is 2.38. The molecular weight excluding hydrogens is 408 g/mol. The van der Waals surface area contributed by atoms with Crippen molar-refractivity contribution in [2.45, 2.75) is 13.0 Å². The van der Waals surface area contributed by atoms with Gasteiger partial charge >= 0.3 is 0 Å². The van der Waals surface area contributed by atoms with E-state index < -0.39 is 0 Å². The van der Waals surface area contributed by atoms with E-state index in [4.69, 9.17) is 23.7 Å². The van der Waals surface area contributed by atoms with Crippen LogP contribution in [0.25, 0.3) is 0 Å². The van der Waals surface area contributed by atoms with Crippen molar-refractivity contribution in [2.75, 3.05) is 74.4 Å². The van der Waals surface area contributed by atoms with Crippen LogP contribution in [-0.4, -0.2) is 84.2 Å². The van der Waals surface area contributed by atoms with Gasteiger partial charge in [0.25, 0.3) is 0 Å². The summed E-state index contributed by atoms with van der Waals surface area (Å²) in [6.45, 7) is 7.67. The first-order valence-electron chi connectivity index (χ1n) is 11.1. The Bertz CT molecular complexity index is 795. The number of ether oxygens (including phenoxy) is 5. The van der Waals surface area contributed by atoms with E-state index in [0.717, 1.165) is 63.6 Å². The van der Waals surface area contributed by atoms with Gasteiger partial charge in [0, 0.05) is 39.3 Å². The number of piperazine rings is 1. The molecule has 7 nitrogen and oxygen atoms in total. The predicted molar refractivity (Wildman–Crippen MR) is 125 cm³/mol. The number of benzene rings is 2. The smallest absolute Gasteiger partial charge is 0.203 e. The lowest BCUT2D eigenvalue weighted by molar-refractivity contribution is 0.0747. The number of methoxy groups -OCH3 is 4. The van der Waals surface area contributed by atoms with Gasteiger partial charge in [0.1, 0.15) is 5.75 Å². The Morgan fingerprint density at radius 3 is 1.88 bits per heavy atom. The molecule has 0 unspecified atom stereocenters. The number of hydrogen-bond donors (Lipinski definition) is 0. The fraction of sp³-hybridized carbons (Fsp3) is 0.520. The summed E-state index contributed by atoms with van der Waals surface area (Å²) in [5.41, 5.74) is 2.43. The molecule has 176 valence electrons. The van der Waals surface area contributed by atoms with Gasteiger partial charge in [-0.3, -0.25) is 9.80 Å². The first-order chi connectivity index (χ1) is 15.7. The van der Waals surface area contributed by atoms with E-state index in [1.807, 2.05) is 24.3 Å². The van der Waals surface area contributed by atoms with E-state index in [1.54, 1.807) is 28.4 Å². The zero-order valence-electron chi connectivity index (χ0n) is 19.8. The standard InChI is InChI=1S/C25H36N2O5/c1-28-22-7-5-20(6-8-22)19-27-12-10-26(11-13-27)14-16-32-15-9-21-17-23(29-2)25(31-4)24(18-21)30-3/h5-8,17-18H,9-16,19H2,1-4H3. The van der Waals surface area contributed by atoms with E-state index in [0.29, 0.717) is 23.9 Å². The Kier molecular flexibility index (Phi) is 9.46. The molecule has 3 rings (SSSR count). The minimum absolute atomic E-state index is 0.616. The van der Waals surface area contributed by atoms with E-state index in [9.17, 15) is 0 Å². The van der Waals surface area contributed by atoms with Crippen LogP contribution in [-0.2, 0) is 17.7 Å². The van der Waals surface area contributed by atoms with Crippen LogP contribution < -0.4 is 18.9 Å². The number of rotatable bonds is 12. The van der Waals surface area contributed by atoms with E-state index in [1.165, 1.54) is 5.56 Å². The topological polar surface area (TPSA) is 52.6 Å². The van der Waals surface area contributed by atoms with E-state index >= 15 is 0 Å². The molecule has 0 atom stereocenters. The van der Waals surface area contributed by atoms with Crippen LogP contribution >= 0.6 is 0 Å². The lowest BCUT2D eigenvalue weighted by atomic mass is 10.1. The van der Waals surface area contributed by atoms with Gasteiger partial charge in [-0.2, -0.15) is 0 Å². The van der Waals surface area contributed by atoms with Gasteiger partial charge in [-0.15, -0.1) is 0 Å². The first kappa shape index (κ1) is 24.2.